The predicted octanol–water partition coefficient (Wildman–Crippen LogP) is 2.29. The van der Waals surface area contributed by atoms with E-state index in [1.54, 1.807) is 14.0 Å². The van der Waals surface area contributed by atoms with Gasteiger partial charge in [-0.15, -0.1) is 0 Å². The zero-order chi connectivity index (χ0) is 19.6. The number of rotatable bonds is 5. The number of nitrogens with one attached hydrogen (secondary N) is 1. The van der Waals surface area contributed by atoms with E-state index in [1.807, 2.05) is 59.2 Å². The van der Waals surface area contributed by atoms with E-state index in [1.165, 1.54) is 4.90 Å². The van der Waals surface area contributed by atoms with Crippen LogP contribution in [0, 0.1) is 0 Å². The van der Waals surface area contributed by atoms with Crippen LogP contribution >= 0.6 is 15.9 Å². The van der Waals surface area contributed by atoms with Crippen molar-refractivity contribution < 1.29 is 18.9 Å². The second-order valence-corrected chi connectivity index (χ2v) is 7.36. The fourth-order valence-electron chi connectivity index (χ4n) is 2.96. The van der Waals surface area contributed by atoms with Gasteiger partial charge in [0.25, 0.3) is 0 Å². The van der Waals surface area contributed by atoms with Gasteiger partial charge in [0.2, 0.25) is 6.33 Å². The van der Waals surface area contributed by atoms with Gasteiger partial charge in [0.1, 0.15) is 25.5 Å². The minimum absolute atomic E-state index is 0.245. The van der Waals surface area contributed by atoms with Crippen molar-refractivity contribution >= 4 is 27.9 Å². The minimum atomic E-state index is -0.543. The molecular weight excluding hydrogens is 412 g/mol. The molecule has 1 aromatic heterocycles. The van der Waals surface area contributed by atoms with Crippen LogP contribution in [0.2, 0.25) is 0 Å². The van der Waals surface area contributed by atoms with E-state index in [0.717, 1.165) is 10.0 Å². The van der Waals surface area contributed by atoms with Crippen molar-refractivity contribution in [1.29, 1.82) is 0 Å². The fourth-order valence-corrected chi connectivity index (χ4v) is 3.22. The third kappa shape index (κ3) is 4.21. The zero-order valence-corrected chi connectivity index (χ0v) is 17.1. The Morgan fingerprint density at radius 3 is 2.67 bits per heavy atom. The monoisotopic (exact) mass is 433 g/mol. The lowest BCUT2D eigenvalue weighted by Gasteiger charge is -2.33. The summed E-state index contributed by atoms with van der Waals surface area (Å²) >= 11 is 3.40. The SMILES string of the molecule is CC1=C(C(=O)OCCn2cc[n+](C)c2)C(c2ccc(Br)cc2)NC(=O)N1C. The van der Waals surface area contributed by atoms with E-state index >= 15 is 0 Å². The number of carbonyl (C=O) groups excluding carboxylic acids is 2. The smallest absolute Gasteiger partial charge is 0.338 e. The van der Waals surface area contributed by atoms with Gasteiger partial charge in [-0.3, -0.25) is 0 Å². The Hall–Kier alpha value is -2.61. The maximum Gasteiger partial charge on any atom is 0.338 e. The number of carbonyl (C=O) groups is 2. The van der Waals surface area contributed by atoms with Crippen molar-refractivity contribution in [2.45, 2.75) is 19.5 Å². The first-order valence-electron chi connectivity index (χ1n) is 8.55. The van der Waals surface area contributed by atoms with Gasteiger partial charge in [0, 0.05) is 17.2 Å². The van der Waals surface area contributed by atoms with Crippen LogP contribution < -0.4 is 9.88 Å². The number of aryl methyl sites for hydroxylation is 1. The Bertz CT molecular complexity index is 889. The van der Waals surface area contributed by atoms with Gasteiger partial charge in [-0.1, -0.05) is 28.1 Å². The summed E-state index contributed by atoms with van der Waals surface area (Å²) in [5.41, 5.74) is 1.85. The van der Waals surface area contributed by atoms with E-state index in [-0.39, 0.29) is 12.6 Å². The van der Waals surface area contributed by atoms with Gasteiger partial charge in [-0.2, -0.15) is 0 Å². The van der Waals surface area contributed by atoms with E-state index in [9.17, 15) is 9.59 Å². The fraction of sp³-hybridized carbons (Fsp3) is 0.316. The van der Waals surface area contributed by atoms with Gasteiger partial charge >= 0.3 is 12.0 Å². The lowest BCUT2D eigenvalue weighted by Crippen LogP contribution is -2.46. The summed E-state index contributed by atoms with van der Waals surface area (Å²) in [6.45, 7) is 2.56. The molecule has 1 aliphatic rings. The number of urea groups is 1. The Balaban J connectivity index is 1.80. The molecule has 1 N–H and O–H groups in total. The molecule has 27 heavy (non-hydrogen) atoms. The van der Waals surface area contributed by atoms with Crippen LogP contribution in [0.5, 0.6) is 0 Å². The molecule has 0 spiro atoms. The number of hydrogen-bond acceptors (Lipinski definition) is 3. The van der Waals surface area contributed by atoms with E-state index < -0.39 is 12.0 Å². The average Bonchev–Trinajstić information content (AvgIpc) is 3.05. The second kappa shape index (κ2) is 7.96. The number of esters is 1. The van der Waals surface area contributed by atoms with E-state index in [0.29, 0.717) is 17.8 Å². The molecule has 0 saturated heterocycles. The summed E-state index contributed by atoms with van der Waals surface area (Å²) in [7, 11) is 3.57. The molecule has 3 rings (SSSR count). The highest BCUT2D eigenvalue weighted by Crippen LogP contribution is 2.31. The molecule has 1 atom stereocenters. The number of nitrogens with zero attached hydrogens (tertiary/aromatic N) is 3. The summed E-state index contributed by atoms with van der Waals surface area (Å²) in [5.74, 6) is -0.427. The highest BCUT2D eigenvalue weighted by atomic mass is 79.9. The van der Waals surface area contributed by atoms with Crippen LogP contribution in [-0.2, 0) is 23.1 Å². The summed E-state index contributed by atoms with van der Waals surface area (Å²) in [4.78, 5) is 26.5. The van der Waals surface area contributed by atoms with E-state index in [4.69, 9.17) is 4.74 Å². The zero-order valence-electron chi connectivity index (χ0n) is 15.5. The highest BCUT2D eigenvalue weighted by Gasteiger charge is 2.35. The van der Waals surface area contributed by atoms with Crippen molar-refractivity contribution in [3.63, 3.8) is 0 Å². The molecule has 0 bridgehead atoms. The Labute approximate surface area is 166 Å². The largest absolute Gasteiger partial charge is 0.458 e. The molecule has 2 amide bonds. The quantitative estimate of drug-likeness (QED) is 0.580. The molecule has 0 radical (unpaired) electrons. The van der Waals surface area contributed by atoms with Gasteiger partial charge < -0.3 is 15.0 Å². The molecule has 0 aliphatic carbocycles. The standard InChI is InChI=1S/C19H21BrN4O3/c1-13-16(18(25)27-11-10-24-9-8-22(2)12-24)17(21-19(26)23(13)3)14-4-6-15(20)7-5-14/h4-9,12,17H,10-11H2,1-3H3/p+1. The molecule has 2 aromatic rings. The number of hydrogen-bond donors (Lipinski definition) is 1. The van der Waals surface area contributed by atoms with E-state index in [2.05, 4.69) is 21.2 Å². The maximum absolute atomic E-state index is 12.8. The van der Waals surface area contributed by atoms with Crippen LogP contribution in [0.1, 0.15) is 18.5 Å². The first-order chi connectivity index (χ1) is 12.9. The third-order valence-corrected chi connectivity index (χ3v) is 5.11. The number of imidazole rings is 1. The van der Waals surface area contributed by atoms with Crippen LogP contribution in [0.4, 0.5) is 4.79 Å². The van der Waals surface area contributed by atoms with Gasteiger partial charge in [-0.25, -0.2) is 18.7 Å². The van der Waals surface area contributed by atoms with Crippen molar-refractivity contribution in [1.82, 2.24) is 14.8 Å². The van der Waals surface area contributed by atoms with Gasteiger partial charge in [0.05, 0.1) is 18.7 Å². The van der Waals surface area contributed by atoms with Gasteiger partial charge in [-0.05, 0) is 24.6 Å². The number of allylic oxidation sites excluding steroid dienone is 1. The molecule has 1 aliphatic heterocycles. The molecule has 0 fully saturated rings. The second-order valence-electron chi connectivity index (χ2n) is 6.44. The first kappa shape index (κ1) is 19.2. The molecule has 2 heterocycles. The van der Waals surface area contributed by atoms with Crippen LogP contribution in [-0.4, -0.2) is 35.1 Å². The number of amides is 2. The van der Waals surface area contributed by atoms with Crippen LogP contribution in [0.3, 0.4) is 0 Å². The highest BCUT2D eigenvalue weighted by molar-refractivity contribution is 9.10. The normalized spacial score (nSPS) is 17.1. The number of aromatic nitrogens is 2. The average molecular weight is 434 g/mol. The Kier molecular flexibility index (Phi) is 5.65. The van der Waals surface area contributed by atoms with Gasteiger partial charge in [0.15, 0.2) is 0 Å². The number of ether oxygens (including phenoxy) is 1. The minimum Gasteiger partial charge on any atom is -0.458 e. The van der Waals surface area contributed by atoms with Crippen LogP contribution in [0.15, 0.2) is 58.7 Å². The third-order valence-electron chi connectivity index (χ3n) is 4.58. The summed E-state index contributed by atoms with van der Waals surface area (Å²) in [5, 5.41) is 2.88. The number of halogens is 1. The van der Waals surface area contributed by atoms with Crippen LogP contribution in [0.25, 0.3) is 0 Å². The summed E-state index contributed by atoms with van der Waals surface area (Å²) in [6, 6.07) is 6.71. The molecule has 1 unspecified atom stereocenters. The molecule has 1 aromatic carbocycles. The molecule has 0 saturated carbocycles. The topological polar surface area (TPSA) is 67.5 Å². The van der Waals surface area contributed by atoms with Crippen molar-refractivity contribution in [2.75, 3.05) is 13.7 Å². The van der Waals surface area contributed by atoms with Crippen molar-refractivity contribution in [3.05, 3.63) is 64.3 Å². The predicted molar refractivity (Wildman–Crippen MR) is 102 cm³/mol. The van der Waals surface area contributed by atoms with Crippen molar-refractivity contribution in [3.8, 4) is 0 Å². The Morgan fingerprint density at radius 2 is 2.04 bits per heavy atom. The molecule has 8 heteroatoms. The molecule has 7 nitrogen and oxygen atoms in total. The maximum atomic E-state index is 12.8. The first-order valence-corrected chi connectivity index (χ1v) is 9.34. The van der Waals surface area contributed by atoms with Crippen molar-refractivity contribution in [2.24, 2.45) is 7.05 Å². The summed E-state index contributed by atoms with van der Waals surface area (Å²) < 4.78 is 10.3. The molecule has 142 valence electrons. The lowest BCUT2D eigenvalue weighted by molar-refractivity contribution is -0.671. The number of benzene rings is 1. The summed E-state index contributed by atoms with van der Waals surface area (Å²) in [6.07, 6.45) is 5.75. The Morgan fingerprint density at radius 1 is 1.33 bits per heavy atom. The molecular formula is C19H22BrN4O3+. The lowest BCUT2D eigenvalue weighted by atomic mass is 9.95.